The Morgan fingerprint density at radius 3 is 2.79 bits per heavy atom. The lowest BCUT2D eigenvalue weighted by Crippen LogP contribution is -2.30. The monoisotopic (exact) mass is 300 g/mol. The maximum atomic E-state index is 11.9. The molecule has 1 aliphatic carbocycles. The normalized spacial score (nSPS) is 14.5. The third-order valence-electron chi connectivity index (χ3n) is 3.20. The van der Waals surface area contributed by atoms with Crippen LogP contribution in [0.2, 0.25) is 10.0 Å². The molecule has 1 amide bonds. The quantitative estimate of drug-likeness (QED) is 0.875. The number of carbonyl (C=O) groups excluding carboxylic acids is 1. The number of nitrogens with one attached hydrogen (secondary N) is 1. The Morgan fingerprint density at radius 1 is 1.42 bits per heavy atom. The van der Waals surface area contributed by atoms with Crippen molar-refractivity contribution in [2.45, 2.75) is 31.8 Å². The first-order valence-electron chi connectivity index (χ1n) is 6.47. The van der Waals surface area contributed by atoms with E-state index in [2.05, 4.69) is 5.32 Å². The third kappa shape index (κ3) is 4.68. The van der Waals surface area contributed by atoms with Crippen LogP contribution < -0.4 is 5.32 Å². The number of rotatable bonds is 6. The van der Waals surface area contributed by atoms with Gasteiger partial charge in [-0.15, -0.1) is 0 Å². The molecule has 0 unspecified atom stereocenters. The number of benzene rings is 1. The number of amides is 1. The molecule has 1 aromatic rings. The molecule has 1 aliphatic rings. The Morgan fingerprint density at radius 2 is 2.16 bits per heavy atom. The highest BCUT2D eigenvalue weighted by molar-refractivity contribution is 6.35. The molecular formula is C14H18Cl2N2O. The Labute approximate surface area is 123 Å². The molecule has 1 N–H and O–H groups in total. The first-order valence-corrected chi connectivity index (χ1v) is 7.23. The average molecular weight is 301 g/mol. The number of halogens is 2. The first kappa shape index (κ1) is 14.6. The molecule has 0 heterocycles. The Bertz CT molecular complexity index is 461. The van der Waals surface area contributed by atoms with Gasteiger partial charge in [0.2, 0.25) is 5.91 Å². The van der Waals surface area contributed by atoms with Crippen molar-refractivity contribution < 1.29 is 4.79 Å². The predicted molar refractivity (Wildman–Crippen MR) is 78.6 cm³/mol. The summed E-state index contributed by atoms with van der Waals surface area (Å²) in [4.78, 5) is 13.6. The summed E-state index contributed by atoms with van der Waals surface area (Å²) in [5, 5.41) is 4.54. The van der Waals surface area contributed by atoms with E-state index in [-0.39, 0.29) is 5.91 Å². The number of hydrogen-bond donors (Lipinski definition) is 1. The lowest BCUT2D eigenvalue weighted by atomic mass is 10.2. The van der Waals surface area contributed by atoms with E-state index in [1.807, 2.05) is 6.07 Å². The van der Waals surface area contributed by atoms with Crippen LogP contribution in [0.15, 0.2) is 18.2 Å². The van der Waals surface area contributed by atoms with Gasteiger partial charge in [-0.25, -0.2) is 0 Å². The summed E-state index contributed by atoms with van der Waals surface area (Å²) in [5.41, 5.74) is 0.914. The maximum absolute atomic E-state index is 11.9. The SMILES string of the molecule is CN(Cc1ccc(Cl)cc1Cl)C(=O)CCNC1CC1. The smallest absolute Gasteiger partial charge is 0.223 e. The molecule has 1 aromatic carbocycles. The molecule has 2 rings (SSSR count). The standard InChI is InChI=1S/C14H18Cl2N2O/c1-18(14(19)6-7-17-12-4-5-12)9-10-2-3-11(15)8-13(10)16/h2-3,8,12,17H,4-7,9H2,1H3. The largest absolute Gasteiger partial charge is 0.341 e. The Hall–Kier alpha value is -0.770. The Balaban J connectivity index is 1.81. The molecule has 0 spiro atoms. The van der Waals surface area contributed by atoms with Crippen LogP contribution >= 0.6 is 23.2 Å². The maximum Gasteiger partial charge on any atom is 0.223 e. The first-order chi connectivity index (χ1) is 9.06. The van der Waals surface area contributed by atoms with Crippen molar-refractivity contribution in [1.82, 2.24) is 10.2 Å². The van der Waals surface area contributed by atoms with Crippen LogP contribution in [0.4, 0.5) is 0 Å². The number of carbonyl (C=O) groups is 1. The summed E-state index contributed by atoms with van der Waals surface area (Å²) in [7, 11) is 1.80. The summed E-state index contributed by atoms with van der Waals surface area (Å²) < 4.78 is 0. The summed E-state index contributed by atoms with van der Waals surface area (Å²) in [5.74, 6) is 0.124. The van der Waals surface area contributed by atoms with Crippen molar-refractivity contribution >= 4 is 29.1 Å². The Kier molecular flexibility index (Phi) is 5.08. The van der Waals surface area contributed by atoms with Crippen LogP contribution in [0.3, 0.4) is 0 Å². The summed E-state index contributed by atoms with van der Waals surface area (Å²) in [6.07, 6.45) is 3.01. The van der Waals surface area contributed by atoms with E-state index in [1.54, 1.807) is 24.1 Å². The molecule has 0 bridgehead atoms. The zero-order valence-corrected chi connectivity index (χ0v) is 12.5. The summed E-state index contributed by atoms with van der Waals surface area (Å²) in [6, 6.07) is 5.99. The molecular weight excluding hydrogens is 283 g/mol. The minimum Gasteiger partial charge on any atom is -0.341 e. The van der Waals surface area contributed by atoms with Gasteiger partial charge in [0.05, 0.1) is 0 Å². The zero-order chi connectivity index (χ0) is 13.8. The molecule has 3 nitrogen and oxygen atoms in total. The van der Waals surface area contributed by atoms with Gasteiger partial charge in [0.15, 0.2) is 0 Å². The fraction of sp³-hybridized carbons (Fsp3) is 0.500. The average Bonchev–Trinajstić information content (AvgIpc) is 3.16. The van der Waals surface area contributed by atoms with Crippen LogP contribution in [0, 0.1) is 0 Å². The van der Waals surface area contributed by atoms with E-state index in [1.165, 1.54) is 12.8 Å². The van der Waals surface area contributed by atoms with Gasteiger partial charge >= 0.3 is 0 Å². The van der Waals surface area contributed by atoms with Crippen molar-refractivity contribution in [3.8, 4) is 0 Å². The molecule has 0 aromatic heterocycles. The second-order valence-electron chi connectivity index (χ2n) is 4.96. The number of hydrogen-bond acceptors (Lipinski definition) is 2. The van der Waals surface area contributed by atoms with Gasteiger partial charge in [-0.05, 0) is 30.5 Å². The van der Waals surface area contributed by atoms with Gasteiger partial charge in [-0.2, -0.15) is 0 Å². The van der Waals surface area contributed by atoms with Crippen molar-refractivity contribution in [3.63, 3.8) is 0 Å². The van der Waals surface area contributed by atoms with Gasteiger partial charge in [0.25, 0.3) is 0 Å². The minimum atomic E-state index is 0.124. The second-order valence-corrected chi connectivity index (χ2v) is 5.81. The van der Waals surface area contributed by atoms with Crippen LogP contribution in [0.1, 0.15) is 24.8 Å². The topological polar surface area (TPSA) is 32.3 Å². The van der Waals surface area contributed by atoms with Crippen LogP contribution in [0.5, 0.6) is 0 Å². The highest BCUT2D eigenvalue weighted by Gasteiger charge is 2.20. The van der Waals surface area contributed by atoms with Crippen molar-refractivity contribution in [3.05, 3.63) is 33.8 Å². The van der Waals surface area contributed by atoms with Gasteiger partial charge in [-0.1, -0.05) is 29.3 Å². The highest BCUT2D eigenvalue weighted by Crippen LogP contribution is 2.22. The fourth-order valence-electron chi connectivity index (χ4n) is 1.86. The van der Waals surface area contributed by atoms with Crippen molar-refractivity contribution in [1.29, 1.82) is 0 Å². The van der Waals surface area contributed by atoms with Gasteiger partial charge < -0.3 is 10.2 Å². The van der Waals surface area contributed by atoms with E-state index in [4.69, 9.17) is 23.2 Å². The molecule has 0 aliphatic heterocycles. The van der Waals surface area contributed by atoms with Gasteiger partial charge in [0, 0.05) is 42.6 Å². The lowest BCUT2D eigenvalue weighted by Gasteiger charge is -2.18. The second kappa shape index (κ2) is 6.60. The molecule has 19 heavy (non-hydrogen) atoms. The molecule has 0 atom stereocenters. The summed E-state index contributed by atoms with van der Waals surface area (Å²) >= 11 is 11.9. The van der Waals surface area contributed by atoms with Crippen LogP contribution in [-0.2, 0) is 11.3 Å². The highest BCUT2D eigenvalue weighted by atomic mass is 35.5. The van der Waals surface area contributed by atoms with E-state index in [0.29, 0.717) is 29.1 Å². The molecule has 104 valence electrons. The van der Waals surface area contributed by atoms with Gasteiger partial charge in [0.1, 0.15) is 0 Å². The van der Waals surface area contributed by atoms with Crippen LogP contribution in [-0.4, -0.2) is 30.4 Å². The van der Waals surface area contributed by atoms with Crippen LogP contribution in [0.25, 0.3) is 0 Å². The molecule has 0 saturated heterocycles. The predicted octanol–water partition coefficient (Wildman–Crippen LogP) is 3.09. The van der Waals surface area contributed by atoms with Gasteiger partial charge in [-0.3, -0.25) is 4.79 Å². The molecule has 1 saturated carbocycles. The third-order valence-corrected chi connectivity index (χ3v) is 3.78. The van der Waals surface area contributed by atoms with E-state index >= 15 is 0 Å². The molecule has 5 heteroatoms. The van der Waals surface area contributed by atoms with Crippen molar-refractivity contribution in [2.24, 2.45) is 0 Å². The van der Waals surface area contributed by atoms with Crippen molar-refractivity contribution in [2.75, 3.05) is 13.6 Å². The molecule has 1 fully saturated rings. The van der Waals surface area contributed by atoms with E-state index in [0.717, 1.165) is 12.1 Å². The van der Waals surface area contributed by atoms with E-state index in [9.17, 15) is 4.79 Å². The lowest BCUT2D eigenvalue weighted by molar-refractivity contribution is -0.130. The molecule has 0 radical (unpaired) electrons. The van der Waals surface area contributed by atoms with E-state index < -0.39 is 0 Å². The minimum absolute atomic E-state index is 0.124. The number of nitrogens with zero attached hydrogens (tertiary/aromatic N) is 1. The zero-order valence-electron chi connectivity index (χ0n) is 11.0. The fourth-order valence-corrected chi connectivity index (χ4v) is 2.32. The summed E-state index contributed by atoms with van der Waals surface area (Å²) in [6.45, 7) is 1.26.